The van der Waals surface area contributed by atoms with Gasteiger partial charge in [-0.15, -0.1) is 0 Å². The number of nitrogens with zero attached hydrogens (tertiary/aromatic N) is 3. The zero-order valence-electron chi connectivity index (χ0n) is 11.9. The summed E-state index contributed by atoms with van der Waals surface area (Å²) in [6, 6.07) is 6.10. The molecule has 0 aliphatic rings. The van der Waals surface area contributed by atoms with E-state index in [0.29, 0.717) is 0 Å². The van der Waals surface area contributed by atoms with Gasteiger partial charge in [0.15, 0.2) is 11.5 Å². The predicted octanol–water partition coefficient (Wildman–Crippen LogP) is 3.30. The minimum Gasteiger partial charge on any atom is -0.441 e. The molecule has 0 bridgehead atoms. The van der Waals surface area contributed by atoms with Crippen molar-refractivity contribution in [2.24, 2.45) is 7.05 Å². The Bertz CT molecular complexity index is 728. The molecule has 0 saturated carbocycles. The Morgan fingerprint density at radius 1 is 1.40 bits per heavy atom. The van der Waals surface area contributed by atoms with Gasteiger partial charge in [0.05, 0.1) is 6.04 Å². The molecule has 2 heterocycles. The number of hydrogen-bond donors (Lipinski definition) is 1. The summed E-state index contributed by atoms with van der Waals surface area (Å²) < 4.78 is 7.63. The van der Waals surface area contributed by atoms with E-state index in [1.807, 2.05) is 49.1 Å². The summed E-state index contributed by atoms with van der Waals surface area (Å²) in [5.41, 5.74) is 2.74. The normalized spacial score (nSPS) is 12.8. The van der Waals surface area contributed by atoms with E-state index in [1.165, 1.54) is 0 Å². The van der Waals surface area contributed by atoms with Gasteiger partial charge in [0.25, 0.3) is 0 Å². The summed E-state index contributed by atoms with van der Waals surface area (Å²) in [6.07, 6.45) is 4.56. The fourth-order valence-corrected chi connectivity index (χ4v) is 2.33. The number of fused-ring (bicyclic) bond motifs is 1. The predicted molar refractivity (Wildman–Crippen MR) is 78.6 cm³/mol. The highest BCUT2D eigenvalue weighted by molar-refractivity contribution is 5.77. The third-order valence-corrected chi connectivity index (χ3v) is 3.36. The second kappa shape index (κ2) is 5.00. The Labute approximate surface area is 117 Å². The minimum atomic E-state index is 0.130. The average Bonchev–Trinajstić information content (AvgIpc) is 3.03. The average molecular weight is 270 g/mol. The molecule has 1 aromatic carbocycles. The fourth-order valence-electron chi connectivity index (χ4n) is 2.33. The van der Waals surface area contributed by atoms with Gasteiger partial charge in [-0.05, 0) is 25.1 Å². The molecule has 20 heavy (non-hydrogen) atoms. The third kappa shape index (κ3) is 2.27. The van der Waals surface area contributed by atoms with Gasteiger partial charge >= 0.3 is 0 Å². The minimum absolute atomic E-state index is 0.130. The van der Waals surface area contributed by atoms with Crippen LogP contribution in [0.1, 0.15) is 31.6 Å². The summed E-state index contributed by atoms with van der Waals surface area (Å²) in [6.45, 7) is 4.12. The first kappa shape index (κ1) is 12.7. The Kier molecular flexibility index (Phi) is 3.18. The van der Waals surface area contributed by atoms with Crippen LogP contribution >= 0.6 is 0 Å². The van der Waals surface area contributed by atoms with Crippen molar-refractivity contribution >= 4 is 16.8 Å². The van der Waals surface area contributed by atoms with E-state index in [9.17, 15) is 0 Å². The Hall–Kier alpha value is -2.30. The van der Waals surface area contributed by atoms with Crippen LogP contribution in [0.5, 0.6) is 0 Å². The van der Waals surface area contributed by atoms with Crippen molar-refractivity contribution in [2.45, 2.75) is 26.3 Å². The highest BCUT2D eigenvalue weighted by Crippen LogP contribution is 2.23. The first-order valence-electron chi connectivity index (χ1n) is 6.80. The van der Waals surface area contributed by atoms with Crippen molar-refractivity contribution in [2.75, 3.05) is 5.32 Å². The second-order valence-corrected chi connectivity index (χ2v) is 4.91. The Morgan fingerprint density at radius 3 is 2.95 bits per heavy atom. The zero-order valence-corrected chi connectivity index (χ0v) is 11.9. The van der Waals surface area contributed by atoms with Crippen molar-refractivity contribution in [3.05, 3.63) is 42.3 Å². The van der Waals surface area contributed by atoms with E-state index < -0.39 is 0 Å². The first-order chi connectivity index (χ1) is 9.67. The summed E-state index contributed by atoms with van der Waals surface area (Å²) in [5, 5.41) is 3.44. The summed E-state index contributed by atoms with van der Waals surface area (Å²) in [5.74, 6) is 1.77. The number of nitrogens with one attached hydrogen (secondary N) is 1. The standard InChI is InChI=1S/C15H18N4O/c1-4-14-18-12-9-11(5-6-13(12)20-14)17-10(2)15-16-7-8-19(15)3/h5-10,17H,4H2,1-3H3. The SMILES string of the molecule is CCc1nc2cc(NC(C)c3nccn3C)ccc2o1. The topological polar surface area (TPSA) is 55.9 Å². The molecule has 0 aliphatic heterocycles. The monoisotopic (exact) mass is 270 g/mol. The van der Waals surface area contributed by atoms with Crippen LogP contribution in [0.3, 0.4) is 0 Å². The molecular formula is C15H18N4O. The smallest absolute Gasteiger partial charge is 0.195 e. The molecule has 0 aliphatic carbocycles. The van der Waals surface area contributed by atoms with Gasteiger partial charge in [-0.3, -0.25) is 0 Å². The van der Waals surface area contributed by atoms with E-state index >= 15 is 0 Å². The first-order valence-corrected chi connectivity index (χ1v) is 6.80. The van der Waals surface area contributed by atoms with Gasteiger partial charge < -0.3 is 14.3 Å². The van der Waals surface area contributed by atoms with Crippen LogP contribution in [-0.2, 0) is 13.5 Å². The second-order valence-electron chi connectivity index (χ2n) is 4.91. The van der Waals surface area contributed by atoms with E-state index in [1.54, 1.807) is 0 Å². The molecule has 3 rings (SSSR count). The van der Waals surface area contributed by atoms with Crippen LogP contribution in [0.2, 0.25) is 0 Å². The molecule has 5 nitrogen and oxygen atoms in total. The maximum Gasteiger partial charge on any atom is 0.195 e. The lowest BCUT2D eigenvalue weighted by atomic mass is 10.2. The van der Waals surface area contributed by atoms with Gasteiger partial charge in [-0.1, -0.05) is 6.92 Å². The number of benzene rings is 1. The number of aromatic nitrogens is 3. The summed E-state index contributed by atoms with van der Waals surface area (Å²) in [7, 11) is 1.99. The molecule has 1 atom stereocenters. The lowest BCUT2D eigenvalue weighted by Crippen LogP contribution is -2.11. The maximum atomic E-state index is 5.61. The summed E-state index contributed by atoms with van der Waals surface area (Å²) in [4.78, 5) is 8.81. The van der Waals surface area contributed by atoms with Crippen LogP contribution in [0.25, 0.3) is 11.1 Å². The molecule has 5 heteroatoms. The van der Waals surface area contributed by atoms with Crippen molar-refractivity contribution in [3.63, 3.8) is 0 Å². The van der Waals surface area contributed by atoms with E-state index in [4.69, 9.17) is 4.42 Å². The molecule has 3 aromatic rings. The van der Waals surface area contributed by atoms with Crippen molar-refractivity contribution < 1.29 is 4.42 Å². The van der Waals surface area contributed by atoms with E-state index in [-0.39, 0.29) is 6.04 Å². The molecule has 0 amide bonds. The van der Waals surface area contributed by atoms with Crippen molar-refractivity contribution in [3.8, 4) is 0 Å². The third-order valence-electron chi connectivity index (χ3n) is 3.36. The van der Waals surface area contributed by atoms with E-state index in [0.717, 1.165) is 34.9 Å². The lowest BCUT2D eigenvalue weighted by molar-refractivity contribution is 0.538. The molecule has 0 saturated heterocycles. The Morgan fingerprint density at radius 2 is 2.25 bits per heavy atom. The van der Waals surface area contributed by atoms with Crippen molar-refractivity contribution in [1.29, 1.82) is 0 Å². The van der Waals surface area contributed by atoms with Crippen LogP contribution in [0.4, 0.5) is 5.69 Å². The van der Waals surface area contributed by atoms with E-state index in [2.05, 4.69) is 22.2 Å². The van der Waals surface area contributed by atoms with Gasteiger partial charge in [0, 0.05) is 31.5 Å². The number of aryl methyl sites for hydroxylation is 2. The number of oxazole rings is 1. The highest BCUT2D eigenvalue weighted by atomic mass is 16.3. The molecule has 1 unspecified atom stereocenters. The van der Waals surface area contributed by atoms with Gasteiger partial charge in [-0.2, -0.15) is 0 Å². The quantitative estimate of drug-likeness (QED) is 0.790. The van der Waals surface area contributed by atoms with Crippen molar-refractivity contribution in [1.82, 2.24) is 14.5 Å². The molecule has 2 aromatic heterocycles. The van der Waals surface area contributed by atoms with Gasteiger partial charge in [0.1, 0.15) is 11.3 Å². The molecular weight excluding hydrogens is 252 g/mol. The molecule has 0 radical (unpaired) electrons. The van der Waals surface area contributed by atoms with Crippen LogP contribution in [-0.4, -0.2) is 14.5 Å². The molecule has 104 valence electrons. The highest BCUT2D eigenvalue weighted by Gasteiger charge is 2.11. The number of rotatable bonds is 4. The summed E-state index contributed by atoms with van der Waals surface area (Å²) >= 11 is 0. The zero-order chi connectivity index (χ0) is 14.1. The van der Waals surface area contributed by atoms with Gasteiger partial charge in [0.2, 0.25) is 0 Å². The fraction of sp³-hybridized carbons (Fsp3) is 0.333. The van der Waals surface area contributed by atoms with Crippen LogP contribution in [0.15, 0.2) is 35.0 Å². The largest absolute Gasteiger partial charge is 0.441 e. The van der Waals surface area contributed by atoms with Gasteiger partial charge in [-0.25, -0.2) is 9.97 Å². The van der Waals surface area contributed by atoms with Crippen LogP contribution < -0.4 is 5.32 Å². The van der Waals surface area contributed by atoms with Crippen LogP contribution in [0, 0.1) is 0 Å². The number of imidazole rings is 1. The maximum absolute atomic E-state index is 5.61. The lowest BCUT2D eigenvalue weighted by Gasteiger charge is -2.14. The number of hydrogen-bond acceptors (Lipinski definition) is 4. The molecule has 1 N–H and O–H groups in total. The molecule has 0 fully saturated rings. The Balaban J connectivity index is 1.85. The molecule has 0 spiro atoms. The number of anilines is 1.